The Balaban J connectivity index is 2.43. The second kappa shape index (κ2) is 6.00. The minimum Gasteiger partial charge on any atom is -0.389 e. The van der Waals surface area contributed by atoms with Crippen molar-refractivity contribution >= 4 is 22.5 Å². The number of aromatic nitrogens is 2. The number of aliphatic hydroxyl groups excluding tert-OH is 1. The van der Waals surface area contributed by atoms with Crippen molar-refractivity contribution < 1.29 is 9.50 Å². The number of hydrogen-bond donors (Lipinski definition) is 1. The number of benzene rings is 2. The van der Waals surface area contributed by atoms with Crippen LogP contribution in [-0.2, 0) is 7.05 Å². The second-order valence-electron chi connectivity index (χ2n) is 5.85. The molecule has 4 nitrogen and oxygen atoms in total. The Hall–Kier alpha value is -2.24. The van der Waals surface area contributed by atoms with E-state index in [4.69, 9.17) is 11.6 Å². The molecule has 1 heterocycles. The normalized spacial score (nSPS) is 12.6. The molecule has 24 heavy (non-hydrogen) atoms. The van der Waals surface area contributed by atoms with Crippen molar-refractivity contribution in [2.45, 2.75) is 20.0 Å². The minimum absolute atomic E-state index is 0.179. The van der Waals surface area contributed by atoms with Crippen LogP contribution in [0.2, 0.25) is 5.02 Å². The van der Waals surface area contributed by atoms with Gasteiger partial charge in [-0.2, -0.15) is 0 Å². The zero-order valence-corrected chi connectivity index (χ0v) is 14.2. The standard InChI is InChI=1S/C18H16ClFN2O2/c1-9-6-13(10(2)23)16-14(7-9)18(24)22(3)17(21-16)12-5-4-11(19)8-15(12)20/h4-8,10,23H,1-3H3. The van der Waals surface area contributed by atoms with Crippen molar-refractivity contribution in [3.05, 3.63) is 62.7 Å². The highest BCUT2D eigenvalue weighted by Gasteiger charge is 2.18. The molecule has 1 atom stereocenters. The molecular formula is C18H16ClFN2O2. The van der Waals surface area contributed by atoms with Gasteiger partial charge in [-0.25, -0.2) is 9.37 Å². The number of halogens is 2. The average molecular weight is 347 g/mol. The highest BCUT2D eigenvalue weighted by molar-refractivity contribution is 6.30. The molecule has 1 aromatic heterocycles. The van der Waals surface area contributed by atoms with Crippen LogP contribution in [-0.4, -0.2) is 14.7 Å². The van der Waals surface area contributed by atoms with E-state index < -0.39 is 11.9 Å². The molecule has 0 fully saturated rings. The third-order valence-corrected chi connectivity index (χ3v) is 4.21. The smallest absolute Gasteiger partial charge is 0.261 e. The monoisotopic (exact) mass is 346 g/mol. The Kier molecular flexibility index (Phi) is 4.15. The predicted octanol–water partition coefficient (Wildman–Crippen LogP) is 3.75. The van der Waals surface area contributed by atoms with Gasteiger partial charge >= 0.3 is 0 Å². The van der Waals surface area contributed by atoms with Crippen LogP contribution < -0.4 is 5.56 Å². The lowest BCUT2D eigenvalue weighted by atomic mass is 10.0. The van der Waals surface area contributed by atoms with Gasteiger partial charge in [-0.15, -0.1) is 0 Å². The average Bonchev–Trinajstić information content (AvgIpc) is 2.51. The number of aryl methyl sites for hydroxylation is 1. The van der Waals surface area contributed by atoms with Crippen molar-refractivity contribution in [3.8, 4) is 11.4 Å². The lowest BCUT2D eigenvalue weighted by molar-refractivity contribution is 0.200. The summed E-state index contributed by atoms with van der Waals surface area (Å²) in [4.78, 5) is 17.2. The number of aliphatic hydroxyl groups is 1. The van der Waals surface area contributed by atoms with Gasteiger partial charge in [0.2, 0.25) is 0 Å². The Bertz CT molecular complexity index is 1010. The van der Waals surface area contributed by atoms with Crippen LogP contribution in [0.1, 0.15) is 24.2 Å². The van der Waals surface area contributed by atoms with Crippen molar-refractivity contribution in [2.24, 2.45) is 7.05 Å². The summed E-state index contributed by atoms with van der Waals surface area (Å²) >= 11 is 5.79. The van der Waals surface area contributed by atoms with E-state index in [0.29, 0.717) is 16.5 Å². The molecule has 0 radical (unpaired) electrons. The number of rotatable bonds is 2. The molecule has 0 amide bonds. The first-order valence-corrected chi connectivity index (χ1v) is 7.82. The van der Waals surface area contributed by atoms with E-state index in [0.717, 1.165) is 5.56 Å². The van der Waals surface area contributed by atoms with Gasteiger partial charge < -0.3 is 5.11 Å². The van der Waals surface area contributed by atoms with E-state index in [2.05, 4.69) is 4.98 Å². The van der Waals surface area contributed by atoms with E-state index in [9.17, 15) is 14.3 Å². The summed E-state index contributed by atoms with van der Waals surface area (Å²) < 4.78 is 15.6. The molecule has 3 rings (SSSR count). The van der Waals surface area contributed by atoms with Gasteiger partial charge in [0, 0.05) is 17.6 Å². The second-order valence-corrected chi connectivity index (χ2v) is 6.29. The molecule has 0 aliphatic carbocycles. The fraction of sp³-hybridized carbons (Fsp3) is 0.222. The molecule has 6 heteroatoms. The lowest BCUT2D eigenvalue weighted by Crippen LogP contribution is -2.21. The van der Waals surface area contributed by atoms with Crippen molar-refractivity contribution in [1.29, 1.82) is 0 Å². The van der Waals surface area contributed by atoms with Gasteiger partial charge in [-0.1, -0.05) is 17.7 Å². The summed E-state index contributed by atoms with van der Waals surface area (Å²) in [5.41, 5.74) is 1.65. The molecule has 0 aliphatic rings. The van der Waals surface area contributed by atoms with Crippen LogP contribution in [0.5, 0.6) is 0 Å². The molecule has 0 saturated carbocycles. The molecule has 0 aliphatic heterocycles. The van der Waals surface area contributed by atoms with Gasteiger partial charge in [-0.3, -0.25) is 9.36 Å². The first kappa shape index (κ1) is 16.6. The number of fused-ring (bicyclic) bond motifs is 1. The minimum atomic E-state index is -0.796. The third kappa shape index (κ3) is 2.70. The van der Waals surface area contributed by atoms with Crippen LogP contribution >= 0.6 is 11.6 Å². The SMILES string of the molecule is Cc1cc(C(C)O)c2nc(-c3ccc(Cl)cc3F)n(C)c(=O)c2c1. The first-order chi connectivity index (χ1) is 11.3. The number of nitrogens with zero attached hydrogens (tertiary/aromatic N) is 2. The van der Waals surface area contributed by atoms with Crippen molar-refractivity contribution in [2.75, 3.05) is 0 Å². The summed E-state index contributed by atoms with van der Waals surface area (Å²) in [5.74, 6) is -0.373. The highest BCUT2D eigenvalue weighted by atomic mass is 35.5. The lowest BCUT2D eigenvalue weighted by Gasteiger charge is -2.14. The van der Waals surface area contributed by atoms with Crippen LogP contribution in [0.3, 0.4) is 0 Å². The molecular weight excluding hydrogens is 331 g/mol. The van der Waals surface area contributed by atoms with Gasteiger partial charge in [0.25, 0.3) is 5.56 Å². The maximum Gasteiger partial charge on any atom is 0.261 e. The summed E-state index contributed by atoms with van der Waals surface area (Å²) in [6.07, 6.45) is -0.796. The Morgan fingerprint density at radius 2 is 2.00 bits per heavy atom. The van der Waals surface area contributed by atoms with E-state index in [1.807, 2.05) is 6.92 Å². The summed E-state index contributed by atoms with van der Waals surface area (Å²) in [7, 11) is 1.54. The highest BCUT2D eigenvalue weighted by Crippen LogP contribution is 2.27. The van der Waals surface area contributed by atoms with E-state index in [-0.39, 0.29) is 22.0 Å². The third-order valence-electron chi connectivity index (χ3n) is 3.98. The van der Waals surface area contributed by atoms with Crippen molar-refractivity contribution in [3.63, 3.8) is 0 Å². The maximum absolute atomic E-state index is 14.3. The van der Waals surface area contributed by atoms with E-state index in [1.165, 1.54) is 16.7 Å². The quantitative estimate of drug-likeness (QED) is 0.768. The first-order valence-electron chi connectivity index (χ1n) is 7.44. The Labute approximate surface area is 143 Å². The molecule has 2 aromatic carbocycles. The van der Waals surface area contributed by atoms with Crippen LogP contribution in [0.4, 0.5) is 4.39 Å². The van der Waals surface area contributed by atoms with E-state index in [1.54, 1.807) is 32.2 Å². The molecule has 1 N–H and O–H groups in total. The summed E-state index contributed by atoms with van der Waals surface area (Å²) in [6.45, 7) is 3.45. The van der Waals surface area contributed by atoms with Crippen molar-refractivity contribution in [1.82, 2.24) is 9.55 Å². The fourth-order valence-electron chi connectivity index (χ4n) is 2.78. The Morgan fingerprint density at radius 3 is 2.62 bits per heavy atom. The van der Waals surface area contributed by atoms with Gasteiger partial charge in [0.15, 0.2) is 0 Å². The molecule has 124 valence electrons. The molecule has 0 spiro atoms. The zero-order valence-electron chi connectivity index (χ0n) is 13.5. The molecule has 3 aromatic rings. The van der Waals surface area contributed by atoms with Crippen LogP contribution in [0, 0.1) is 12.7 Å². The van der Waals surface area contributed by atoms with Gasteiger partial charge in [-0.05, 0) is 43.7 Å². The van der Waals surface area contributed by atoms with Gasteiger partial charge in [0.05, 0.1) is 22.6 Å². The summed E-state index contributed by atoms with van der Waals surface area (Å²) in [5, 5.41) is 10.7. The van der Waals surface area contributed by atoms with Crippen LogP contribution in [0.25, 0.3) is 22.3 Å². The molecule has 0 bridgehead atoms. The van der Waals surface area contributed by atoms with E-state index >= 15 is 0 Å². The van der Waals surface area contributed by atoms with Crippen LogP contribution in [0.15, 0.2) is 35.1 Å². The topological polar surface area (TPSA) is 55.1 Å². The molecule has 1 unspecified atom stereocenters. The maximum atomic E-state index is 14.3. The fourth-order valence-corrected chi connectivity index (χ4v) is 2.94. The largest absolute Gasteiger partial charge is 0.389 e. The zero-order chi connectivity index (χ0) is 17.6. The predicted molar refractivity (Wildman–Crippen MR) is 92.8 cm³/mol. The summed E-state index contributed by atoms with van der Waals surface area (Å²) in [6, 6.07) is 7.71. The molecule has 0 saturated heterocycles. The van der Waals surface area contributed by atoms with Gasteiger partial charge in [0.1, 0.15) is 11.6 Å². The Morgan fingerprint density at radius 1 is 1.29 bits per heavy atom. The number of hydrogen-bond acceptors (Lipinski definition) is 3.